The Balaban J connectivity index is 2.13. The normalized spacial score (nSPS) is 49.6. The van der Waals surface area contributed by atoms with Gasteiger partial charge in [0.2, 0.25) is 0 Å². The Kier molecular flexibility index (Phi) is 1.95. The molecule has 0 aromatic rings. The molecule has 0 spiro atoms. The molecule has 2 bridgehead atoms. The summed E-state index contributed by atoms with van der Waals surface area (Å²) in [4.78, 5) is 2.65. The predicted octanol–water partition coefficient (Wildman–Crippen LogP) is 1.16. The van der Waals surface area contributed by atoms with E-state index in [1.807, 2.05) is 0 Å². The molecule has 3 saturated heterocycles. The summed E-state index contributed by atoms with van der Waals surface area (Å²) in [5.74, 6) is 0. The van der Waals surface area contributed by atoms with Gasteiger partial charge in [0.1, 0.15) is 6.29 Å². The van der Waals surface area contributed by atoms with Gasteiger partial charge in [0, 0.05) is 26.2 Å². The highest BCUT2D eigenvalue weighted by molar-refractivity contribution is 7.72. The number of hydrogen-bond donors (Lipinski definition) is 0. The lowest BCUT2D eigenvalue weighted by molar-refractivity contribution is 0.182. The number of hydrogen-bond acceptors (Lipinski definition) is 2. The lowest BCUT2D eigenvalue weighted by atomic mass is 10.4. The lowest BCUT2D eigenvalue weighted by Gasteiger charge is -2.47. The fourth-order valence-corrected chi connectivity index (χ4v) is 5.25. The van der Waals surface area contributed by atoms with Crippen molar-refractivity contribution in [2.75, 3.05) is 45.3 Å². The van der Waals surface area contributed by atoms with E-state index in [2.05, 4.69) is 23.2 Å². The number of piperazine rings is 1. The van der Waals surface area contributed by atoms with Crippen molar-refractivity contribution in [3.05, 3.63) is 0 Å². The zero-order valence-corrected chi connectivity index (χ0v) is 8.48. The van der Waals surface area contributed by atoms with Crippen LogP contribution in [0.2, 0.25) is 0 Å². The zero-order chi connectivity index (χ0) is 7.90. The summed E-state index contributed by atoms with van der Waals surface area (Å²) in [7, 11) is -0.645. The van der Waals surface area contributed by atoms with E-state index in [1.54, 1.807) is 0 Å². The third kappa shape index (κ3) is 1.22. The summed E-state index contributed by atoms with van der Waals surface area (Å²) in [6.07, 6.45) is 2.81. The minimum absolute atomic E-state index is 0.645. The Hall–Kier alpha value is 0.350. The van der Waals surface area contributed by atoms with E-state index in [1.165, 1.54) is 38.6 Å². The molecular weight excluding hydrogens is 155 g/mol. The largest absolute Gasteiger partial charge is 0.267 e. The number of nitrogens with zero attached hydrogens (tertiary/aromatic N) is 2. The van der Waals surface area contributed by atoms with E-state index >= 15 is 0 Å². The van der Waals surface area contributed by atoms with Crippen LogP contribution >= 0.6 is 7.41 Å². The van der Waals surface area contributed by atoms with Gasteiger partial charge in [-0.25, -0.2) is 0 Å². The monoisotopic (exact) mass is 173 g/mol. The molecule has 3 rings (SSSR count). The van der Waals surface area contributed by atoms with Gasteiger partial charge in [-0.3, -0.25) is 4.90 Å². The molecule has 3 fully saturated rings. The third-order valence-corrected chi connectivity index (χ3v) is 7.35. The maximum Gasteiger partial charge on any atom is 0.127 e. The summed E-state index contributed by atoms with van der Waals surface area (Å²) in [6, 6.07) is 0. The molecule has 3 aliphatic rings. The van der Waals surface area contributed by atoms with Gasteiger partial charge in [-0.05, 0) is 6.92 Å². The minimum Gasteiger partial charge on any atom is -0.267 e. The van der Waals surface area contributed by atoms with Crippen LogP contribution in [0, 0.1) is 0 Å². The van der Waals surface area contributed by atoms with Crippen molar-refractivity contribution in [1.29, 1.82) is 0 Å². The highest BCUT2D eigenvalue weighted by Crippen LogP contribution is 2.61. The maximum atomic E-state index is 2.77. The summed E-state index contributed by atoms with van der Waals surface area (Å²) in [6.45, 7) is 10.2. The summed E-state index contributed by atoms with van der Waals surface area (Å²) in [5, 5.41) is 0. The quantitative estimate of drug-likeness (QED) is 0.549. The second-order valence-corrected chi connectivity index (χ2v) is 8.03. The van der Waals surface area contributed by atoms with Crippen molar-refractivity contribution >= 4 is 7.41 Å². The summed E-state index contributed by atoms with van der Waals surface area (Å²) in [5.41, 5.74) is 0. The summed E-state index contributed by atoms with van der Waals surface area (Å²) < 4.78 is 2.77. The van der Waals surface area contributed by atoms with Crippen LogP contribution in [0.4, 0.5) is 0 Å². The Morgan fingerprint density at radius 2 is 1.82 bits per heavy atom. The Labute approximate surface area is 69.9 Å². The van der Waals surface area contributed by atoms with Crippen LogP contribution in [0.1, 0.15) is 6.92 Å². The maximum absolute atomic E-state index is 2.77. The first-order valence-electron chi connectivity index (χ1n) is 4.57. The van der Waals surface area contributed by atoms with Crippen molar-refractivity contribution in [2.45, 2.75) is 6.92 Å². The standard InChI is InChI=1S/C8H18N2P/c1-3-11(2)8-9-4-6-10(11)7-5-9/h3-8H2,1-2H3/q+1. The molecule has 0 saturated carbocycles. The van der Waals surface area contributed by atoms with Gasteiger partial charge in [-0.15, -0.1) is 0 Å². The van der Waals surface area contributed by atoms with Crippen molar-refractivity contribution in [3.8, 4) is 0 Å². The Bertz CT molecular complexity index is 154. The molecule has 0 amide bonds. The highest BCUT2D eigenvalue weighted by Gasteiger charge is 2.46. The van der Waals surface area contributed by atoms with Crippen LogP contribution in [0.5, 0.6) is 0 Å². The molecule has 0 radical (unpaired) electrons. The molecule has 3 heteroatoms. The van der Waals surface area contributed by atoms with Crippen molar-refractivity contribution in [3.63, 3.8) is 0 Å². The topological polar surface area (TPSA) is 6.48 Å². The molecule has 0 aromatic heterocycles. The van der Waals surface area contributed by atoms with Gasteiger partial charge < -0.3 is 0 Å². The van der Waals surface area contributed by atoms with Crippen LogP contribution in [-0.4, -0.2) is 54.9 Å². The van der Waals surface area contributed by atoms with E-state index in [0.29, 0.717) is 0 Å². The molecule has 3 heterocycles. The second kappa shape index (κ2) is 2.69. The van der Waals surface area contributed by atoms with Gasteiger partial charge in [0.05, 0.1) is 20.2 Å². The second-order valence-electron chi connectivity index (χ2n) is 3.87. The first-order chi connectivity index (χ1) is 5.24. The first-order valence-corrected chi connectivity index (χ1v) is 7.13. The SMILES string of the molecule is CC[P+]1(C)CN2CCN1CC2. The van der Waals surface area contributed by atoms with Gasteiger partial charge in [-0.1, -0.05) is 0 Å². The molecule has 64 valence electrons. The van der Waals surface area contributed by atoms with E-state index in [-0.39, 0.29) is 0 Å². The average molecular weight is 173 g/mol. The predicted molar refractivity (Wildman–Crippen MR) is 51.4 cm³/mol. The summed E-state index contributed by atoms with van der Waals surface area (Å²) >= 11 is 0. The molecule has 3 aliphatic heterocycles. The lowest BCUT2D eigenvalue weighted by Crippen LogP contribution is -2.53. The van der Waals surface area contributed by atoms with E-state index in [9.17, 15) is 0 Å². The van der Waals surface area contributed by atoms with Crippen LogP contribution in [0.3, 0.4) is 0 Å². The fourth-order valence-electron chi connectivity index (χ4n) is 2.18. The van der Waals surface area contributed by atoms with Gasteiger partial charge >= 0.3 is 0 Å². The van der Waals surface area contributed by atoms with Gasteiger partial charge in [0.25, 0.3) is 0 Å². The van der Waals surface area contributed by atoms with Crippen molar-refractivity contribution in [1.82, 2.24) is 9.57 Å². The van der Waals surface area contributed by atoms with Crippen LogP contribution in [0.15, 0.2) is 0 Å². The van der Waals surface area contributed by atoms with Crippen molar-refractivity contribution in [2.24, 2.45) is 0 Å². The molecule has 11 heavy (non-hydrogen) atoms. The third-order valence-electron chi connectivity index (χ3n) is 3.22. The van der Waals surface area contributed by atoms with Crippen molar-refractivity contribution < 1.29 is 0 Å². The van der Waals surface area contributed by atoms with Gasteiger partial charge in [0.15, 0.2) is 0 Å². The number of fused-ring (bicyclic) bond motifs is 3. The molecular formula is C8H18N2P+. The fraction of sp³-hybridized carbons (Fsp3) is 1.00. The average Bonchev–Trinajstić information content (AvgIpc) is 2.06. The Morgan fingerprint density at radius 3 is 2.09 bits per heavy atom. The molecule has 2 nitrogen and oxygen atoms in total. The molecule has 0 N–H and O–H groups in total. The highest BCUT2D eigenvalue weighted by atomic mass is 31.2. The van der Waals surface area contributed by atoms with E-state index in [0.717, 1.165) is 0 Å². The molecule has 1 unspecified atom stereocenters. The van der Waals surface area contributed by atoms with Crippen LogP contribution in [0.25, 0.3) is 0 Å². The minimum atomic E-state index is -0.645. The zero-order valence-electron chi connectivity index (χ0n) is 7.58. The van der Waals surface area contributed by atoms with E-state index < -0.39 is 7.41 Å². The van der Waals surface area contributed by atoms with E-state index in [4.69, 9.17) is 0 Å². The smallest absolute Gasteiger partial charge is 0.127 e. The Morgan fingerprint density at radius 1 is 1.18 bits per heavy atom. The van der Waals surface area contributed by atoms with Gasteiger partial charge in [-0.2, -0.15) is 4.67 Å². The first kappa shape index (κ1) is 7.97. The van der Waals surface area contributed by atoms with Crippen LogP contribution in [-0.2, 0) is 0 Å². The molecule has 0 aliphatic carbocycles. The molecule has 1 atom stereocenters. The van der Waals surface area contributed by atoms with Crippen LogP contribution < -0.4 is 0 Å². The number of rotatable bonds is 1. The molecule has 0 aromatic carbocycles.